The molecule has 0 aliphatic carbocycles. The molecule has 0 bridgehead atoms. The fourth-order valence-electron chi connectivity index (χ4n) is 1.04. The van der Waals surface area contributed by atoms with Gasteiger partial charge in [-0.1, -0.05) is 18.2 Å². The zero-order valence-corrected chi connectivity index (χ0v) is 10.2. The third-order valence-corrected chi connectivity index (χ3v) is 1.64. The van der Waals surface area contributed by atoms with E-state index in [0.29, 0.717) is 0 Å². The molecule has 0 saturated heterocycles. The molecule has 0 heterocycles. The number of rotatable bonds is 5. The Bertz CT molecular complexity index is 231. The van der Waals surface area contributed by atoms with Crippen molar-refractivity contribution in [2.24, 2.45) is 0 Å². The first-order chi connectivity index (χ1) is 6.95. The first kappa shape index (κ1) is 13.9. The molecule has 0 radical (unpaired) electrons. The van der Waals surface area contributed by atoms with Crippen molar-refractivity contribution in [2.75, 3.05) is 0 Å². The van der Waals surface area contributed by atoms with Gasteiger partial charge in [-0.05, 0) is 47.0 Å². The molecule has 0 aliphatic heterocycles. The summed E-state index contributed by atoms with van der Waals surface area (Å²) in [4.78, 5) is 11.2. The van der Waals surface area contributed by atoms with Crippen LogP contribution in [-0.4, -0.2) is 11.6 Å². The summed E-state index contributed by atoms with van der Waals surface area (Å²) in [6.07, 6.45) is 10.6. The van der Waals surface area contributed by atoms with E-state index in [9.17, 15) is 4.79 Å². The predicted octanol–water partition coefficient (Wildman–Crippen LogP) is 3.63. The molecular weight excluding hydrogens is 188 g/mol. The van der Waals surface area contributed by atoms with Crippen LogP contribution in [0, 0.1) is 0 Å². The molecular formula is C13H22O2. The van der Waals surface area contributed by atoms with E-state index < -0.39 is 5.60 Å². The van der Waals surface area contributed by atoms with Gasteiger partial charge in [0.25, 0.3) is 0 Å². The third kappa shape index (κ3) is 10.9. The number of carbonyl (C=O) groups excluding carboxylic acids is 1. The van der Waals surface area contributed by atoms with E-state index in [1.807, 2.05) is 39.8 Å². The Morgan fingerprint density at radius 3 is 2.33 bits per heavy atom. The average Bonchev–Trinajstić information content (AvgIpc) is 2.08. The molecule has 0 N–H and O–H groups in total. The van der Waals surface area contributed by atoms with E-state index in [1.165, 1.54) is 6.08 Å². The number of allylic oxidation sites excluding steroid dienone is 3. The molecule has 0 saturated carbocycles. The van der Waals surface area contributed by atoms with Crippen molar-refractivity contribution in [3.8, 4) is 0 Å². The Kier molecular flexibility index (Phi) is 6.76. The summed E-state index contributed by atoms with van der Waals surface area (Å²) in [7, 11) is 0. The molecule has 0 aliphatic rings. The van der Waals surface area contributed by atoms with Crippen molar-refractivity contribution in [1.82, 2.24) is 0 Å². The fraction of sp³-hybridized carbons (Fsp3) is 0.615. The summed E-state index contributed by atoms with van der Waals surface area (Å²) in [5, 5.41) is 0. The Hall–Kier alpha value is -1.05. The van der Waals surface area contributed by atoms with Crippen LogP contribution in [0.5, 0.6) is 0 Å². The van der Waals surface area contributed by atoms with E-state index in [1.54, 1.807) is 0 Å². The van der Waals surface area contributed by atoms with Crippen LogP contribution in [0.25, 0.3) is 0 Å². The number of carbonyl (C=O) groups is 1. The topological polar surface area (TPSA) is 26.3 Å². The molecule has 0 atom stereocenters. The van der Waals surface area contributed by atoms with Gasteiger partial charge in [-0.25, -0.2) is 4.79 Å². The van der Waals surface area contributed by atoms with Crippen LogP contribution in [0.4, 0.5) is 0 Å². The highest BCUT2D eigenvalue weighted by Crippen LogP contribution is 2.07. The molecule has 0 rings (SSSR count). The van der Waals surface area contributed by atoms with Gasteiger partial charge in [0.1, 0.15) is 5.60 Å². The maximum atomic E-state index is 11.2. The van der Waals surface area contributed by atoms with Crippen molar-refractivity contribution >= 4 is 5.97 Å². The van der Waals surface area contributed by atoms with Crippen LogP contribution in [0.1, 0.15) is 47.0 Å². The van der Waals surface area contributed by atoms with Crippen molar-refractivity contribution in [2.45, 2.75) is 52.6 Å². The molecule has 2 heteroatoms. The van der Waals surface area contributed by atoms with Crippen molar-refractivity contribution < 1.29 is 9.53 Å². The van der Waals surface area contributed by atoms with Gasteiger partial charge in [0, 0.05) is 6.08 Å². The maximum absolute atomic E-state index is 11.2. The Balaban J connectivity index is 3.64. The highest BCUT2D eigenvalue weighted by atomic mass is 16.6. The molecule has 0 amide bonds. The van der Waals surface area contributed by atoms with Crippen LogP contribution < -0.4 is 0 Å². The molecule has 0 unspecified atom stereocenters. The van der Waals surface area contributed by atoms with Gasteiger partial charge in [0.15, 0.2) is 0 Å². The summed E-state index contributed by atoms with van der Waals surface area (Å²) in [5.41, 5.74) is -0.396. The second-order valence-electron chi connectivity index (χ2n) is 4.44. The minimum atomic E-state index is -0.396. The predicted molar refractivity (Wildman–Crippen MR) is 63.7 cm³/mol. The molecule has 86 valence electrons. The molecule has 0 aromatic rings. The number of hydrogen-bond donors (Lipinski definition) is 0. The van der Waals surface area contributed by atoms with Gasteiger partial charge >= 0.3 is 5.97 Å². The zero-order valence-electron chi connectivity index (χ0n) is 10.2. The number of hydrogen-bond acceptors (Lipinski definition) is 2. The second-order valence-corrected chi connectivity index (χ2v) is 4.44. The smallest absolute Gasteiger partial charge is 0.330 e. The van der Waals surface area contributed by atoms with Crippen LogP contribution in [-0.2, 0) is 9.53 Å². The standard InChI is InChI=1S/C13H22O2/c1-5-6-7-8-9-10-11-12(14)15-13(2,3)4/h5-6,10-11H,7-9H2,1-4H3/b6-5+,11-10+. The van der Waals surface area contributed by atoms with Crippen molar-refractivity contribution in [1.29, 1.82) is 0 Å². The molecule has 0 fully saturated rings. The normalized spacial score (nSPS) is 12.5. The molecule has 0 aromatic carbocycles. The monoisotopic (exact) mass is 210 g/mol. The summed E-state index contributed by atoms with van der Waals surface area (Å²) >= 11 is 0. The van der Waals surface area contributed by atoms with E-state index in [4.69, 9.17) is 4.74 Å². The van der Waals surface area contributed by atoms with Crippen LogP contribution in [0.15, 0.2) is 24.3 Å². The van der Waals surface area contributed by atoms with Crippen molar-refractivity contribution in [3.63, 3.8) is 0 Å². The van der Waals surface area contributed by atoms with Crippen LogP contribution in [0.3, 0.4) is 0 Å². The van der Waals surface area contributed by atoms with E-state index in [2.05, 4.69) is 6.08 Å². The summed E-state index contributed by atoms with van der Waals surface area (Å²) in [5.74, 6) is -0.256. The third-order valence-electron chi connectivity index (χ3n) is 1.64. The Morgan fingerprint density at radius 2 is 1.80 bits per heavy atom. The number of unbranched alkanes of at least 4 members (excludes halogenated alkanes) is 2. The van der Waals surface area contributed by atoms with Crippen molar-refractivity contribution in [3.05, 3.63) is 24.3 Å². The van der Waals surface area contributed by atoms with Crippen LogP contribution >= 0.6 is 0 Å². The average molecular weight is 210 g/mol. The van der Waals surface area contributed by atoms with Gasteiger partial charge in [-0.2, -0.15) is 0 Å². The summed E-state index contributed by atoms with van der Waals surface area (Å²) < 4.78 is 5.13. The SMILES string of the molecule is C/C=C/CCC/C=C/C(=O)OC(C)(C)C. The van der Waals surface area contributed by atoms with E-state index in [-0.39, 0.29) is 5.97 Å². The van der Waals surface area contributed by atoms with E-state index in [0.717, 1.165) is 19.3 Å². The minimum Gasteiger partial charge on any atom is -0.457 e. The first-order valence-electron chi connectivity index (χ1n) is 5.46. The Labute approximate surface area is 93.0 Å². The number of esters is 1. The Morgan fingerprint density at radius 1 is 1.20 bits per heavy atom. The lowest BCUT2D eigenvalue weighted by Crippen LogP contribution is -2.22. The van der Waals surface area contributed by atoms with Gasteiger partial charge < -0.3 is 4.74 Å². The van der Waals surface area contributed by atoms with Crippen LogP contribution in [0.2, 0.25) is 0 Å². The summed E-state index contributed by atoms with van der Waals surface area (Å²) in [6.45, 7) is 7.61. The molecule has 15 heavy (non-hydrogen) atoms. The highest BCUT2D eigenvalue weighted by molar-refractivity contribution is 5.82. The molecule has 0 aromatic heterocycles. The lowest BCUT2D eigenvalue weighted by molar-refractivity contribution is -0.148. The lowest BCUT2D eigenvalue weighted by Gasteiger charge is -2.17. The highest BCUT2D eigenvalue weighted by Gasteiger charge is 2.13. The second kappa shape index (κ2) is 7.27. The maximum Gasteiger partial charge on any atom is 0.330 e. The van der Waals surface area contributed by atoms with Gasteiger partial charge in [-0.15, -0.1) is 0 Å². The quantitative estimate of drug-likeness (QED) is 0.300. The lowest BCUT2D eigenvalue weighted by atomic mass is 10.2. The van der Waals surface area contributed by atoms with Gasteiger partial charge in [0.05, 0.1) is 0 Å². The van der Waals surface area contributed by atoms with E-state index >= 15 is 0 Å². The zero-order chi connectivity index (χ0) is 11.7. The molecule has 0 spiro atoms. The number of ether oxygens (including phenoxy) is 1. The fourth-order valence-corrected chi connectivity index (χ4v) is 1.04. The largest absolute Gasteiger partial charge is 0.457 e. The minimum absolute atomic E-state index is 0.256. The summed E-state index contributed by atoms with van der Waals surface area (Å²) in [6, 6.07) is 0. The van der Waals surface area contributed by atoms with Gasteiger partial charge in [0.2, 0.25) is 0 Å². The first-order valence-corrected chi connectivity index (χ1v) is 5.46. The van der Waals surface area contributed by atoms with Gasteiger partial charge in [-0.3, -0.25) is 0 Å². The molecule has 2 nitrogen and oxygen atoms in total.